The minimum atomic E-state index is 0.0258. The molecule has 2 heterocycles. The number of nitrogens with zero attached hydrogens (tertiary/aromatic N) is 1. The zero-order valence-corrected chi connectivity index (χ0v) is 15.0. The van der Waals surface area contributed by atoms with Crippen molar-refractivity contribution in [1.29, 1.82) is 0 Å². The van der Waals surface area contributed by atoms with Gasteiger partial charge in [-0.1, -0.05) is 12.1 Å². The first-order valence-corrected chi connectivity index (χ1v) is 9.02. The second-order valence-corrected chi connectivity index (χ2v) is 6.87. The number of benzene rings is 1. The van der Waals surface area contributed by atoms with Crippen LogP contribution < -0.4 is 5.43 Å². The quantitative estimate of drug-likeness (QED) is 0.909. The molecule has 1 atom stereocenters. The normalized spacial score (nSPS) is 17.6. The minimum Gasteiger partial charge on any atom is -0.376 e. The van der Waals surface area contributed by atoms with Gasteiger partial charge in [0.15, 0.2) is 5.43 Å². The van der Waals surface area contributed by atoms with Gasteiger partial charge >= 0.3 is 0 Å². The smallest absolute Gasteiger partial charge is 0.222 e. The summed E-state index contributed by atoms with van der Waals surface area (Å²) in [5.41, 5.74) is 2.41. The summed E-state index contributed by atoms with van der Waals surface area (Å²) in [7, 11) is 1.82. The molecule has 1 N–H and O–H groups in total. The van der Waals surface area contributed by atoms with Crippen molar-refractivity contribution < 1.29 is 9.53 Å². The van der Waals surface area contributed by atoms with Crippen molar-refractivity contribution in [3.8, 4) is 0 Å². The summed E-state index contributed by atoms with van der Waals surface area (Å²) < 4.78 is 5.70. The first kappa shape index (κ1) is 17.7. The number of ether oxygens (including phenoxy) is 1. The van der Waals surface area contributed by atoms with Gasteiger partial charge in [0.05, 0.1) is 6.10 Å². The number of amides is 1. The first-order valence-electron chi connectivity index (χ1n) is 9.02. The van der Waals surface area contributed by atoms with Gasteiger partial charge in [0.1, 0.15) is 0 Å². The molecule has 1 aromatic carbocycles. The number of aromatic amines is 1. The monoisotopic (exact) mass is 342 g/mol. The van der Waals surface area contributed by atoms with Gasteiger partial charge in [-0.2, -0.15) is 0 Å². The van der Waals surface area contributed by atoms with Crippen molar-refractivity contribution in [1.82, 2.24) is 9.88 Å². The molecule has 0 aliphatic carbocycles. The van der Waals surface area contributed by atoms with Crippen LogP contribution in [0.5, 0.6) is 0 Å². The maximum atomic E-state index is 12.7. The molecule has 0 bridgehead atoms. The number of hydrogen-bond acceptors (Lipinski definition) is 3. The Balaban J connectivity index is 1.65. The molecule has 1 saturated heterocycles. The van der Waals surface area contributed by atoms with E-state index in [-0.39, 0.29) is 17.4 Å². The third-order valence-corrected chi connectivity index (χ3v) is 4.99. The van der Waals surface area contributed by atoms with Gasteiger partial charge in [-0.15, -0.1) is 0 Å². The fourth-order valence-electron chi connectivity index (χ4n) is 3.48. The number of H-pyrrole nitrogens is 1. The topological polar surface area (TPSA) is 62.4 Å². The Labute approximate surface area is 148 Å². The summed E-state index contributed by atoms with van der Waals surface area (Å²) >= 11 is 0. The molecule has 25 heavy (non-hydrogen) atoms. The summed E-state index contributed by atoms with van der Waals surface area (Å²) in [5, 5.41) is 0.680. The average Bonchev–Trinajstić information content (AvgIpc) is 2.62. The number of carbonyl (C=O) groups is 1. The number of aromatic nitrogens is 1. The minimum absolute atomic E-state index is 0.0258. The Bertz CT molecular complexity index is 806. The van der Waals surface area contributed by atoms with Crippen LogP contribution in [0, 0.1) is 6.92 Å². The van der Waals surface area contributed by atoms with Crippen LogP contribution in [-0.2, 0) is 16.0 Å². The van der Waals surface area contributed by atoms with Crippen LogP contribution in [0.1, 0.15) is 36.9 Å². The van der Waals surface area contributed by atoms with Crippen LogP contribution in [0.25, 0.3) is 10.9 Å². The molecular formula is C20H26N2O3. The Morgan fingerprint density at radius 2 is 2.12 bits per heavy atom. The van der Waals surface area contributed by atoms with E-state index in [4.69, 9.17) is 4.74 Å². The van der Waals surface area contributed by atoms with E-state index in [0.717, 1.165) is 30.7 Å². The van der Waals surface area contributed by atoms with Gasteiger partial charge in [0.2, 0.25) is 5.91 Å². The maximum Gasteiger partial charge on any atom is 0.222 e. The molecule has 3 rings (SSSR count). The van der Waals surface area contributed by atoms with Crippen LogP contribution in [0.4, 0.5) is 0 Å². The number of hydrogen-bond donors (Lipinski definition) is 1. The largest absolute Gasteiger partial charge is 0.376 e. The number of likely N-dealkylation sites (N-methyl/N-ethyl adjacent to an activating group) is 1. The molecule has 5 heteroatoms. The Morgan fingerprint density at radius 3 is 2.88 bits per heavy atom. The lowest BCUT2D eigenvalue weighted by Gasteiger charge is -2.27. The van der Waals surface area contributed by atoms with Crippen LogP contribution in [0.2, 0.25) is 0 Å². The molecule has 5 nitrogen and oxygen atoms in total. The summed E-state index contributed by atoms with van der Waals surface area (Å²) in [6, 6.07) is 7.49. The van der Waals surface area contributed by atoms with Gasteiger partial charge in [0, 0.05) is 48.8 Å². The summed E-state index contributed by atoms with van der Waals surface area (Å²) in [5.74, 6) is 0.0566. The fraction of sp³-hybridized carbons (Fsp3) is 0.500. The Hall–Kier alpha value is -2.14. The van der Waals surface area contributed by atoms with E-state index >= 15 is 0 Å². The summed E-state index contributed by atoms with van der Waals surface area (Å²) in [4.78, 5) is 30.1. The third-order valence-electron chi connectivity index (χ3n) is 4.99. The molecule has 0 spiro atoms. The van der Waals surface area contributed by atoms with Crippen molar-refractivity contribution in [2.75, 3.05) is 20.2 Å². The van der Waals surface area contributed by atoms with E-state index in [1.807, 2.05) is 38.2 Å². The van der Waals surface area contributed by atoms with Crippen LogP contribution in [0.3, 0.4) is 0 Å². The fourth-order valence-corrected chi connectivity index (χ4v) is 3.48. The highest BCUT2D eigenvalue weighted by Crippen LogP contribution is 2.15. The van der Waals surface area contributed by atoms with Crippen LogP contribution in [0.15, 0.2) is 29.1 Å². The summed E-state index contributed by atoms with van der Waals surface area (Å²) in [6.07, 6.45) is 4.23. The Morgan fingerprint density at radius 1 is 1.32 bits per heavy atom. The highest BCUT2D eigenvalue weighted by atomic mass is 16.5. The van der Waals surface area contributed by atoms with Gasteiger partial charge in [-0.3, -0.25) is 9.59 Å². The molecule has 1 amide bonds. The van der Waals surface area contributed by atoms with E-state index in [2.05, 4.69) is 4.98 Å². The number of carbonyl (C=O) groups excluding carboxylic acids is 1. The number of para-hydroxylation sites is 1. The van der Waals surface area contributed by atoms with E-state index < -0.39 is 0 Å². The van der Waals surface area contributed by atoms with Gasteiger partial charge < -0.3 is 14.6 Å². The first-order chi connectivity index (χ1) is 12.1. The summed E-state index contributed by atoms with van der Waals surface area (Å²) in [6.45, 7) is 3.32. The highest BCUT2D eigenvalue weighted by Gasteiger charge is 2.19. The second-order valence-electron chi connectivity index (χ2n) is 6.87. The van der Waals surface area contributed by atoms with Gasteiger partial charge in [-0.05, 0) is 44.7 Å². The number of nitrogens with one attached hydrogen (secondary N) is 1. The molecular weight excluding hydrogens is 316 g/mol. The molecule has 1 aliphatic rings. The van der Waals surface area contributed by atoms with Crippen molar-refractivity contribution in [3.63, 3.8) is 0 Å². The molecule has 0 saturated carbocycles. The average molecular weight is 342 g/mol. The number of pyridine rings is 1. The van der Waals surface area contributed by atoms with Crippen LogP contribution >= 0.6 is 0 Å². The van der Waals surface area contributed by atoms with E-state index in [1.54, 1.807) is 4.90 Å². The predicted molar refractivity (Wildman–Crippen MR) is 98.9 cm³/mol. The highest BCUT2D eigenvalue weighted by molar-refractivity contribution is 5.80. The van der Waals surface area contributed by atoms with Crippen molar-refractivity contribution >= 4 is 16.8 Å². The lowest BCUT2D eigenvalue weighted by atomic mass is 10.0. The zero-order chi connectivity index (χ0) is 17.8. The Kier molecular flexibility index (Phi) is 5.53. The molecule has 1 unspecified atom stereocenters. The van der Waals surface area contributed by atoms with Crippen molar-refractivity contribution in [2.24, 2.45) is 0 Å². The molecule has 1 aliphatic heterocycles. The predicted octanol–water partition coefficient (Wildman–Crippen LogP) is 2.80. The van der Waals surface area contributed by atoms with Crippen molar-refractivity contribution in [3.05, 3.63) is 45.7 Å². The number of rotatable bonds is 5. The SMILES string of the molecule is Cc1[nH]c2ccccc2c(=O)c1CCC(=O)N(C)CC1CCCCO1. The second kappa shape index (κ2) is 7.83. The maximum absolute atomic E-state index is 12.7. The van der Waals surface area contributed by atoms with Gasteiger partial charge in [0.25, 0.3) is 0 Å². The van der Waals surface area contributed by atoms with Crippen molar-refractivity contribution in [2.45, 2.75) is 45.1 Å². The molecule has 1 fully saturated rings. The molecule has 0 radical (unpaired) electrons. The molecule has 1 aromatic heterocycles. The third kappa shape index (κ3) is 4.10. The van der Waals surface area contributed by atoms with Crippen LogP contribution in [-0.4, -0.2) is 42.1 Å². The van der Waals surface area contributed by atoms with Gasteiger partial charge in [-0.25, -0.2) is 0 Å². The number of fused-ring (bicyclic) bond motifs is 1. The lowest BCUT2D eigenvalue weighted by molar-refractivity contribution is -0.132. The lowest BCUT2D eigenvalue weighted by Crippen LogP contribution is -2.37. The standard InChI is InChI=1S/C20H26N2O3/c1-14-16(20(24)17-8-3-4-9-18(17)21-14)10-11-19(23)22(2)13-15-7-5-6-12-25-15/h3-4,8-9,15H,5-7,10-13H2,1-2H3,(H,21,24). The number of aryl methyl sites for hydroxylation is 1. The zero-order valence-electron chi connectivity index (χ0n) is 15.0. The van der Waals surface area contributed by atoms with E-state index in [1.165, 1.54) is 6.42 Å². The molecule has 2 aromatic rings. The van der Waals surface area contributed by atoms with E-state index in [9.17, 15) is 9.59 Å². The molecule has 134 valence electrons. The van der Waals surface area contributed by atoms with E-state index in [0.29, 0.717) is 30.3 Å².